The molecule has 4 bridgehead atoms. The summed E-state index contributed by atoms with van der Waals surface area (Å²) in [6.45, 7) is 10.7. The fraction of sp³-hybridized carbons (Fsp3) is 0.917. The van der Waals surface area contributed by atoms with Crippen molar-refractivity contribution in [3.8, 4) is 0 Å². The molecule has 0 saturated carbocycles. The van der Waals surface area contributed by atoms with Crippen molar-refractivity contribution in [2.75, 3.05) is 0 Å². The summed E-state index contributed by atoms with van der Waals surface area (Å²) in [6, 6.07) is 0. The lowest BCUT2D eigenvalue weighted by atomic mass is 10.1. The molecule has 0 radical (unpaired) electrons. The molecular formula is C12H18O2S4. The molecule has 0 aromatic carbocycles. The zero-order valence-corrected chi connectivity index (χ0v) is 14.5. The summed E-state index contributed by atoms with van der Waals surface area (Å²) in [4.78, 5) is 11.4. The van der Waals surface area contributed by atoms with Crippen molar-refractivity contribution in [1.29, 1.82) is 0 Å². The van der Waals surface area contributed by atoms with Gasteiger partial charge >= 0.3 is 5.97 Å². The Bertz CT molecular complexity index is 380. The van der Waals surface area contributed by atoms with Crippen LogP contribution in [0.15, 0.2) is 0 Å². The largest absolute Gasteiger partial charge is 0.458 e. The molecule has 0 aromatic rings. The smallest absolute Gasteiger partial charge is 0.303 e. The van der Waals surface area contributed by atoms with Crippen LogP contribution in [0, 0.1) is 0 Å². The van der Waals surface area contributed by atoms with Crippen LogP contribution in [0.25, 0.3) is 0 Å². The molecular weight excluding hydrogens is 304 g/mol. The molecule has 4 saturated heterocycles. The summed E-state index contributed by atoms with van der Waals surface area (Å²) in [5, 5.41) is 0. The molecule has 0 aliphatic carbocycles. The Labute approximate surface area is 126 Å². The van der Waals surface area contributed by atoms with E-state index < -0.39 is 0 Å². The van der Waals surface area contributed by atoms with Crippen LogP contribution in [0.3, 0.4) is 0 Å². The molecule has 18 heavy (non-hydrogen) atoms. The van der Waals surface area contributed by atoms with Gasteiger partial charge in [0.05, 0.1) is 8.16 Å². The summed E-state index contributed by atoms with van der Waals surface area (Å²) in [5.74, 6) is -0.160. The van der Waals surface area contributed by atoms with Crippen LogP contribution in [-0.4, -0.2) is 28.4 Å². The number of carbonyl (C=O) groups is 1. The maximum atomic E-state index is 11.4. The molecule has 4 aliphatic heterocycles. The molecule has 6 heteroatoms. The van der Waals surface area contributed by atoms with E-state index in [4.69, 9.17) is 4.74 Å². The van der Waals surface area contributed by atoms with Crippen LogP contribution >= 0.6 is 47.0 Å². The van der Waals surface area contributed by atoms with Gasteiger partial charge in [0.2, 0.25) is 0 Å². The molecule has 4 rings (SSSR count). The van der Waals surface area contributed by atoms with E-state index >= 15 is 0 Å². The Balaban J connectivity index is 2.04. The first kappa shape index (κ1) is 13.8. The lowest BCUT2D eigenvalue weighted by Gasteiger charge is -2.68. The van der Waals surface area contributed by atoms with Crippen molar-refractivity contribution in [2.24, 2.45) is 0 Å². The summed E-state index contributed by atoms with van der Waals surface area (Å²) >= 11 is 7.98. The third-order valence-electron chi connectivity index (χ3n) is 3.55. The maximum absolute atomic E-state index is 11.4. The molecule has 102 valence electrons. The Morgan fingerprint density at radius 1 is 1.00 bits per heavy atom. The number of esters is 1. The van der Waals surface area contributed by atoms with Gasteiger partial charge in [0.25, 0.3) is 0 Å². The van der Waals surface area contributed by atoms with Gasteiger partial charge in [-0.3, -0.25) is 4.79 Å². The predicted octanol–water partition coefficient (Wildman–Crippen LogP) is 4.15. The summed E-state index contributed by atoms with van der Waals surface area (Å²) in [5.41, 5.74) is 0. The molecule has 4 aliphatic rings. The third-order valence-corrected chi connectivity index (χ3v) is 10.3. The average molecular weight is 323 g/mol. The number of hydrogen-bond donors (Lipinski definition) is 0. The van der Waals surface area contributed by atoms with Gasteiger partial charge in [0.1, 0.15) is 14.3 Å². The van der Waals surface area contributed by atoms with E-state index in [-0.39, 0.29) is 28.4 Å². The van der Waals surface area contributed by atoms with E-state index in [1.54, 1.807) is 0 Å². The molecule has 0 unspecified atom stereocenters. The van der Waals surface area contributed by atoms with E-state index in [1.807, 2.05) is 47.0 Å². The second kappa shape index (κ2) is 3.74. The third kappa shape index (κ3) is 1.93. The van der Waals surface area contributed by atoms with Crippen LogP contribution in [0.1, 0.15) is 41.0 Å². The number of thioether (sulfide) groups is 4. The van der Waals surface area contributed by atoms with Crippen molar-refractivity contribution in [3.63, 3.8) is 0 Å². The number of hydrogen-bond acceptors (Lipinski definition) is 6. The first-order valence-corrected chi connectivity index (χ1v) is 9.33. The Kier molecular flexibility index (Phi) is 2.88. The standard InChI is InChI=1S/C12H18O2S4/c1-7(13)14-8-11(4)15-9(2)6-10(3,17-11)18-12(8,5)16-9/h8H,6H2,1-5H3. The van der Waals surface area contributed by atoms with Crippen LogP contribution in [-0.2, 0) is 9.53 Å². The zero-order chi connectivity index (χ0) is 13.4. The topological polar surface area (TPSA) is 26.3 Å². The highest BCUT2D eigenvalue weighted by atomic mass is 32.3. The van der Waals surface area contributed by atoms with E-state index in [0.717, 1.165) is 0 Å². The molecule has 4 fully saturated rings. The molecule has 0 amide bonds. The van der Waals surface area contributed by atoms with Gasteiger partial charge in [0.15, 0.2) is 0 Å². The SMILES string of the molecule is CC(=O)OC1C2(C)SC3(C)CC(C)(S2)SC1(C)S3. The predicted molar refractivity (Wildman–Crippen MR) is 84.2 cm³/mol. The normalized spacial score (nSPS) is 57.7. The molecule has 0 spiro atoms. The quantitative estimate of drug-likeness (QED) is 0.673. The van der Waals surface area contributed by atoms with E-state index in [1.165, 1.54) is 13.3 Å². The first-order valence-electron chi connectivity index (χ1n) is 6.06. The van der Waals surface area contributed by atoms with Gasteiger partial charge in [-0.15, -0.1) is 47.0 Å². The monoisotopic (exact) mass is 322 g/mol. The Hall–Kier alpha value is 0.870. The number of rotatable bonds is 1. The van der Waals surface area contributed by atoms with Crippen molar-refractivity contribution in [2.45, 2.75) is 63.5 Å². The molecule has 2 nitrogen and oxygen atoms in total. The average Bonchev–Trinajstić information content (AvgIpc) is 2.04. The Morgan fingerprint density at radius 3 is 1.72 bits per heavy atom. The van der Waals surface area contributed by atoms with Crippen molar-refractivity contribution >= 4 is 53.0 Å². The lowest BCUT2D eigenvalue weighted by molar-refractivity contribution is -0.147. The van der Waals surface area contributed by atoms with Crippen LogP contribution in [0.2, 0.25) is 0 Å². The van der Waals surface area contributed by atoms with E-state index in [2.05, 4.69) is 27.7 Å². The fourth-order valence-corrected chi connectivity index (χ4v) is 16.3. The highest BCUT2D eigenvalue weighted by molar-refractivity contribution is 8.38. The second-order valence-electron chi connectivity index (χ2n) is 5.87. The number of ether oxygens (including phenoxy) is 1. The van der Waals surface area contributed by atoms with Crippen molar-refractivity contribution in [1.82, 2.24) is 0 Å². The lowest BCUT2D eigenvalue weighted by Crippen LogP contribution is -2.66. The molecule has 0 N–H and O–H groups in total. The van der Waals surface area contributed by atoms with Crippen LogP contribution in [0.5, 0.6) is 0 Å². The molecule has 0 atom stereocenters. The summed E-state index contributed by atoms with van der Waals surface area (Å²) in [7, 11) is 0. The second-order valence-corrected chi connectivity index (χ2v) is 14.7. The highest BCUT2D eigenvalue weighted by Crippen LogP contribution is 2.81. The van der Waals surface area contributed by atoms with Gasteiger partial charge in [-0.2, -0.15) is 0 Å². The maximum Gasteiger partial charge on any atom is 0.303 e. The minimum Gasteiger partial charge on any atom is -0.458 e. The molecule has 0 aromatic heterocycles. The zero-order valence-electron chi connectivity index (χ0n) is 11.2. The minimum absolute atomic E-state index is 0.0152. The Morgan fingerprint density at radius 2 is 1.39 bits per heavy atom. The van der Waals surface area contributed by atoms with Gasteiger partial charge < -0.3 is 4.74 Å². The first-order chi connectivity index (χ1) is 8.08. The molecule has 4 heterocycles. The fourth-order valence-electron chi connectivity index (χ4n) is 3.60. The van der Waals surface area contributed by atoms with E-state index in [0.29, 0.717) is 0 Å². The van der Waals surface area contributed by atoms with Crippen LogP contribution < -0.4 is 0 Å². The van der Waals surface area contributed by atoms with Gasteiger partial charge in [-0.1, -0.05) is 0 Å². The van der Waals surface area contributed by atoms with Crippen LogP contribution in [0.4, 0.5) is 0 Å². The van der Waals surface area contributed by atoms with Gasteiger partial charge in [-0.25, -0.2) is 0 Å². The van der Waals surface area contributed by atoms with E-state index in [9.17, 15) is 4.79 Å². The number of carbonyl (C=O) groups excluding carboxylic acids is 1. The van der Waals surface area contributed by atoms with Gasteiger partial charge in [-0.05, 0) is 34.1 Å². The summed E-state index contributed by atoms with van der Waals surface area (Å²) < 4.78 is 6.18. The van der Waals surface area contributed by atoms with Crippen molar-refractivity contribution < 1.29 is 9.53 Å². The minimum atomic E-state index is -0.160. The highest BCUT2D eigenvalue weighted by Gasteiger charge is 2.71. The van der Waals surface area contributed by atoms with Crippen molar-refractivity contribution in [3.05, 3.63) is 0 Å². The summed E-state index contributed by atoms with van der Waals surface area (Å²) in [6.07, 6.45) is 1.19. The van der Waals surface area contributed by atoms with Gasteiger partial charge in [0, 0.05) is 6.92 Å².